The molecule has 0 saturated heterocycles. The van der Waals surface area contributed by atoms with E-state index in [1.807, 2.05) is 6.92 Å². The SMILES string of the molecule is Cc1cnc(OCC23CC(C(=O)N4N=CCC4c4c(F)cccc4F)(C2)C3)cn1. The van der Waals surface area contributed by atoms with Crippen molar-refractivity contribution < 1.29 is 18.3 Å². The quantitative estimate of drug-likeness (QED) is 0.772. The molecule has 3 aliphatic carbocycles. The zero-order valence-electron chi connectivity index (χ0n) is 15.9. The van der Waals surface area contributed by atoms with Gasteiger partial charge in [-0.25, -0.2) is 18.8 Å². The third kappa shape index (κ3) is 2.81. The predicted octanol–water partition coefficient (Wildman–Crippen LogP) is 3.57. The molecule has 1 aromatic carbocycles. The van der Waals surface area contributed by atoms with E-state index in [2.05, 4.69) is 15.1 Å². The Labute approximate surface area is 166 Å². The van der Waals surface area contributed by atoms with E-state index in [1.54, 1.807) is 18.6 Å². The van der Waals surface area contributed by atoms with Crippen molar-refractivity contribution in [3.05, 3.63) is 53.5 Å². The lowest BCUT2D eigenvalue weighted by atomic mass is 9.35. The van der Waals surface area contributed by atoms with Crippen LogP contribution < -0.4 is 4.74 Å². The Balaban J connectivity index is 1.25. The monoisotopic (exact) mass is 398 g/mol. The third-order valence-electron chi connectivity index (χ3n) is 6.25. The average Bonchev–Trinajstić information content (AvgIpc) is 3.10. The molecule has 0 spiro atoms. The van der Waals surface area contributed by atoms with Gasteiger partial charge in [-0.3, -0.25) is 9.78 Å². The topological polar surface area (TPSA) is 67.7 Å². The summed E-state index contributed by atoms with van der Waals surface area (Å²) >= 11 is 0. The number of amides is 1. The van der Waals surface area contributed by atoms with E-state index in [0.717, 1.165) is 5.69 Å². The number of carbonyl (C=O) groups excluding carboxylic acids is 1. The van der Waals surface area contributed by atoms with Crippen molar-refractivity contribution in [2.45, 2.75) is 38.6 Å². The molecule has 1 unspecified atom stereocenters. The maximum atomic E-state index is 14.2. The van der Waals surface area contributed by atoms with E-state index < -0.39 is 23.1 Å². The highest BCUT2D eigenvalue weighted by atomic mass is 19.1. The highest BCUT2D eigenvalue weighted by Gasteiger charge is 2.73. The molecule has 2 aromatic rings. The molecule has 29 heavy (non-hydrogen) atoms. The van der Waals surface area contributed by atoms with E-state index in [9.17, 15) is 13.6 Å². The summed E-state index contributed by atoms with van der Waals surface area (Å²) in [5, 5.41) is 5.42. The minimum Gasteiger partial charge on any atom is -0.476 e. The van der Waals surface area contributed by atoms with Crippen LogP contribution in [0.2, 0.25) is 0 Å². The molecule has 1 aliphatic heterocycles. The van der Waals surface area contributed by atoms with Crippen LogP contribution in [0.1, 0.15) is 43.0 Å². The number of aryl methyl sites for hydroxylation is 1. The van der Waals surface area contributed by atoms with Gasteiger partial charge in [0.25, 0.3) is 0 Å². The second-order valence-corrected chi connectivity index (χ2v) is 8.43. The molecular weight excluding hydrogens is 378 g/mol. The average molecular weight is 398 g/mol. The van der Waals surface area contributed by atoms with Crippen molar-refractivity contribution >= 4 is 12.1 Å². The van der Waals surface area contributed by atoms with Crippen LogP contribution in [0, 0.1) is 29.4 Å². The Hall–Kier alpha value is -2.90. The number of hydrogen-bond acceptors (Lipinski definition) is 5. The minimum atomic E-state index is -0.729. The standard InChI is InChI=1S/C21H20F2N4O2/c1-13-7-25-17(8-24-13)29-12-20-9-21(10-20,11-20)19(28)27-16(5-6-26-27)18-14(22)3-2-4-15(18)23/h2-4,6-8,16H,5,9-12H2,1H3. The zero-order valence-corrected chi connectivity index (χ0v) is 15.9. The summed E-state index contributed by atoms with van der Waals surface area (Å²) in [6, 6.07) is 3.01. The Kier molecular flexibility index (Phi) is 3.94. The Morgan fingerprint density at radius 3 is 2.59 bits per heavy atom. The van der Waals surface area contributed by atoms with Gasteiger partial charge in [-0.2, -0.15) is 5.10 Å². The lowest BCUT2D eigenvalue weighted by molar-refractivity contribution is -0.227. The van der Waals surface area contributed by atoms with Crippen molar-refractivity contribution in [1.82, 2.24) is 15.0 Å². The number of hydrazone groups is 1. The zero-order chi connectivity index (χ0) is 20.2. The fourth-order valence-electron chi connectivity index (χ4n) is 4.98. The second kappa shape index (κ2) is 6.30. The molecule has 0 radical (unpaired) electrons. The molecule has 3 saturated carbocycles. The number of halogens is 2. The first-order valence-corrected chi connectivity index (χ1v) is 9.63. The molecule has 2 bridgehead atoms. The summed E-state index contributed by atoms with van der Waals surface area (Å²) in [7, 11) is 0. The summed E-state index contributed by atoms with van der Waals surface area (Å²) < 4.78 is 34.2. The van der Waals surface area contributed by atoms with Crippen LogP contribution in [0.5, 0.6) is 5.88 Å². The number of benzene rings is 1. The van der Waals surface area contributed by atoms with Gasteiger partial charge in [-0.05, 0) is 38.3 Å². The van der Waals surface area contributed by atoms with Crippen LogP contribution in [0.3, 0.4) is 0 Å². The molecule has 4 aliphatic rings. The molecule has 2 heterocycles. The molecule has 6 rings (SSSR count). The van der Waals surface area contributed by atoms with Crippen molar-refractivity contribution in [2.24, 2.45) is 15.9 Å². The first-order valence-electron chi connectivity index (χ1n) is 9.63. The van der Waals surface area contributed by atoms with Crippen molar-refractivity contribution in [3.63, 3.8) is 0 Å². The van der Waals surface area contributed by atoms with Crippen LogP contribution in [0.15, 0.2) is 35.7 Å². The fraction of sp³-hybridized carbons (Fsp3) is 0.429. The van der Waals surface area contributed by atoms with Crippen LogP contribution in [-0.2, 0) is 4.79 Å². The fourth-order valence-corrected chi connectivity index (χ4v) is 4.98. The number of rotatable bonds is 5. The van der Waals surface area contributed by atoms with Crippen molar-refractivity contribution in [3.8, 4) is 5.88 Å². The smallest absolute Gasteiger partial charge is 0.249 e. The first kappa shape index (κ1) is 18.1. The van der Waals surface area contributed by atoms with E-state index >= 15 is 0 Å². The number of nitrogens with zero attached hydrogens (tertiary/aromatic N) is 4. The summed E-state index contributed by atoms with van der Waals surface area (Å²) in [5.74, 6) is -0.990. The van der Waals surface area contributed by atoms with E-state index in [0.29, 0.717) is 38.2 Å². The lowest BCUT2D eigenvalue weighted by Gasteiger charge is -2.69. The molecule has 150 valence electrons. The molecule has 0 N–H and O–H groups in total. The van der Waals surface area contributed by atoms with E-state index in [-0.39, 0.29) is 16.9 Å². The summed E-state index contributed by atoms with van der Waals surface area (Å²) in [6.45, 7) is 2.34. The van der Waals surface area contributed by atoms with Crippen LogP contribution in [-0.4, -0.2) is 33.7 Å². The minimum absolute atomic E-state index is 0.0373. The van der Waals surface area contributed by atoms with Gasteiger partial charge in [0, 0.05) is 23.6 Å². The van der Waals surface area contributed by atoms with Crippen molar-refractivity contribution in [2.75, 3.05) is 6.61 Å². The summed E-state index contributed by atoms with van der Waals surface area (Å²) in [5.41, 5.74) is 0.189. The Morgan fingerprint density at radius 2 is 1.93 bits per heavy atom. The van der Waals surface area contributed by atoms with Crippen LogP contribution in [0.25, 0.3) is 0 Å². The van der Waals surface area contributed by atoms with Gasteiger partial charge in [-0.1, -0.05) is 6.07 Å². The normalized spacial score (nSPS) is 29.3. The van der Waals surface area contributed by atoms with Gasteiger partial charge >= 0.3 is 0 Å². The van der Waals surface area contributed by atoms with Gasteiger partial charge in [0.05, 0.1) is 36.2 Å². The van der Waals surface area contributed by atoms with E-state index in [1.165, 1.54) is 23.2 Å². The molecule has 3 fully saturated rings. The number of carbonyl (C=O) groups is 1. The van der Waals surface area contributed by atoms with Gasteiger partial charge in [-0.15, -0.1) is 0 Å². The Bertz CT molecular complexity index is 968. The van der Waals surface area contributed by atoms with Gasteiger partial charge in [0.15, 0.2) is 0 Å². The highest BCUT2D eigenvalue weighted by Crippen LogP contribution is 2.74. The van der Waals surface area contributed by atoms with Gasteiger partial charge in [0.2, 0.25) is 11.8 Å². The molecule has 8 heteroatoms. The van der Waals surface area contributed by atoms with Gasteiger partial charge in [0.1, 0.15) is 11.6 Å². The van der Waals surface area contributed by atoms with E-state index in [4.69, 9.17) is 4.74 Å². The maximum Gasteiger partial charge on any atom is 0.249 e. The first-order chi connectivity index (χ1) is 13.9. The molecular formula is C21H20F2N4O2. The van der Waals surface area contributed by atoms with Crippen LogP contribution in [0.4, 0.5) is 8.78 Å². The lowest BCUT2D eigenvalue weighted by Crippen LogP contribution is -2.69. The largest absolute Gasteiger partial charge is 0.476 e. The molecule has 6 nitrogen and oxygen atoms in total. The molecule has 1 amide bonds. The van der Waals surface area contributed by atoms with Crippen molar-refractivity contribution in [1.29, 1.82) is 0 Å². The maximum absolute atomic E-state index is 14.2. The number of ether oxygens (including phenoxy) is 1. The third-order valence-corrected chi connectivity index (χ3v) is 6.25. The van der Waals surface area contributed by atoms with Crippen LogP contribution >= 0.6 is 0 Å². The second-order valence-electron chi connectivity index (χ2n) is 8.43. The van der Waals surface area contributed by atoms with Gasteiger partial charge < -0.3 is 4.74 Å². The Morgan fingerprint density at radius 1 is 1.21 bits per heavy atom. The molecule has 1 atom stereocenters. The number of hydrogen-bond donors (Lipinski definition) is 0. The summed E-state index contributed by atoms with van der Waals surface area (Å²) in [4.78, 5) is 21.5. The summed E-state index contributed by atoms with van der Waals surface area (Å²) in [6.07, 6.45) is 7.17. The highest BCUT2D eigenvalue weighted by molar-refractivity contribution is 5.88. The number of aromatic nitrogens is 2. The molecule has 1 aromatic heterocycles. The predicted molar refractivity (Wildman–Crippen MR) is 100 cm³/mol.